The fraction of sp³-hybridized carbons (Fsp3) is 0.269. The zero-order valence-electron chi connectivity index (χ0n) is 19.2. The molecule has 1 saturated heterocycles. The van der Waals surface area contributed by atoms with Gasteiger partial charge in [-0.05, 0) is 48.4 Å². The maximum Gasteiger partial charge on any atom is 0.246 e. The number of piperazine rings is 1. The Hall–Kier alpha value is -3.20. The Labute approximate surface area is 200 Å². The minimum atomic E-state index is -3.65. The van der Waals surface area contributed by atoms with E-state index in [-0.39, 0.29) is 17.3 Å². The summed E-state index contributed by atoms with van der Waals surface area (Å²) in [6.07, 6.45) is 4.76. The van der Waals surface area contributed by atoms with Gasteiger partial charge in [-0.1, -0.05) is 42.0 Å². The molecule has 3 aromatic rings. The first kappa shape index (κ1) is 23.9. The third-order valence-corrected chi connectivity index (χ3v) is 7.22. The summed E-state index contributed by atoms with van der Waals surface area (Å²) in [6.45, 7) is 6.13. The Morgan fingerprint density at radius 3 is 2.47 bits per heavy atom. The van der Waals surface area contributed by atoms with Crippen LogP contribution in [-0.2, 0) is 27.9 Å². The molecule has 0 radical (unpaired) electrons. The van der Waals surface area contributed by atoms with E-state index in [0.29, 0.717) is 18.8 Å². The third kappa shape index (κ3) is 6.44. The van der Waals surface area contributed by atoms with Gasteiger partial charge >= 0.3 is 0 Å². The number of rotatable bonds is 8. The number of carbonyl (C=O) groups is 1. The SMILES string of the molecule is Cc1cccc(CN2CCN(C(=O)/C=C/c3ccc(S(=O)(=O)NCc4ccco4)cc3)CC2)c1. The lowest BCUT2D eigenvalue weighted by molar-refractivity contribution is -0.127. The summed E-state index contributed by atoms with van der Waals surface area (Å²) in [5.74, 6) is 0.504. The summed E-state index contributed by atoms with van der Waals surface area (Å²) in [5.41, 5.74) is 3.31. The molecule has 0 aliphatic carbocycles. The Morgan fingerprint density at radius 2 is 1.79 bits per heavy atom. The van der Waals surface area contributed by atoms with Crippen LogP contribution >= 0.6 is 0 Å². The highest BCUT2D eigenvalue weighted by molar-refractivity contribution is 7.89. The van der Waals surface area contributed by atoms with Crippen LogP contribution in [0.3, 0.4) is 0 Å². The van der Waals surface area contributed by atoms with Gasteiger partial charge in [-0.3, -0.25) is 9.69 Å². The Kier molecular flexibility index (Phi) is 7.62. The maximum absolute atomic E-state index is 12.6. The second-order valence-electron chi connectivity index (χ2n) is 8.40. The molecule has 2 aromatic carbocycles. The third-order valence-electron chi connectivity index (χ3n) is 5.80. The van der Waals surface area contributed by atoms with Crippen molar-refractivity contribution in [2.75, 3.05) is 26.2 Å². The van der Waals surface area contributed by atoms with Gasteiger partial charge in [0, 0.05) is 38.8 Å². The van der Waals surface area contributed by atoms with Crippen molar-refractivity contribution in [2.24, 2.45) is 0 Å². The van der Waals surface area contributed by atoms with Crippen molar-refractivity contribution >= 4 is 22.0 Å². The topological polar surface area (TPSA) is 82.9 Å². The standard InChI is InChI=1S/C26H29N3O4S/c1-21-4-2-5-23(18-21)20-28-13-15-29(16-14-28)26(30)12-9-22-7-10-25(11-8-22)34(31,32)27-19-24-6-3-17-33-24/h2-12,17-18,27H,13-16,19-20H2,1H3/b12-9+. The molecule has 0 spiro atoms. The van der Waals surface area contributed by atoms with Gasteiger partial charge in [-0.2, -0.15) is 0 Å². The quantitative estimate of drug-likeness (QED) is 0.501. The molecular weight excluding hydrogens is 450 g/mol. The average Bonchev–Trinajstić information content (AvgIpc) is 3.36. The van der Waals surface area contributed by atoms with Gasteiger partial charge in [0.05, 0.1) is 17.7 Å². The molecule has 1 N–H and O–H groups in total. The highest BCUT2D eigenvalue weighted by atomic mass is 32.2. The normalized spacial score (nSPS) is 15.1. The van der Waals surface area contributed by atoms with Crippen LogP contribution in [0.5, 0.6) is 0 Å². The number of amides is 1. The molecule has 0 atom stereocenters. The Morgan fingerprint density at radius 1 is 1.03 bits per heavy atom. The molecule has 1 amide bonds. The fourth-order valence-electron chi connectivity index (χ4n) is 3.89. The Balaban J connectivity index is 1.27. The molecule has 2 heterocycles. The van der Waals surface area contributed by atoms with Gasteiger partial charge in [0.2, 0.25) is 15.9 Å². The second-order valence-corrected chi connectivity index (χ2v) is 10.2. The number of furan rings is 1. The van der Waals surface area contributed by atoms with Gasteiger partial charge in [0.15, 0.2) is 0 Å². The number of benzene rings is 2. The number of hydrogen-bond acceptors (Lipinski definition) is 5. The van der Waals surface area contributed by atoms with Gasteiger partial charge in [0.1, 0.15) is 5.76 Å². The number of aryl methyl sites for hydroxylation is 1. The molecule has 4 rings (SSSR count). The lowest BCUT2D eigenvalue weighted by atomic mass is 10.1. The van der Waals surface area contributed by atoms with E-state index in [2.05, 4.69) is 40.8 Å². The van der Waals surface area contributed by atoms with Crippen molar-refractivity contribution in [1.29, 1.82) is 0 Å². The second kappa shape index (κ2) is 10.8. The summed E-state index contributed by atoms with van der Waals surface area (Å²) in [7, 11) is -3.65. The number of sulfonamides is 1. The molecule has 1 fully saturated rings. The molecule has 1 aliphatic rings. The highest BCUT2D eigenvalue weighted by Crippen LogP contribution is 2.14. The van der Waals surface area contributed by atoms with Crippen LogP contribution in [0.15, 0.2) is 82.3 Å². The van der Waals surface area contributed by atoms with Crippen molar-refractivity contribution in [3.8, 4) is 0 Å². The lowest BCUT2D eigenvalue weighted by Crippen LogP contribution is -2.47. The number of carbonyl (C=O) groups excluding carboxylic acids is 1. The molecule has 0 bridgehead atoms. The zero-order valence-corrected chi connectivity index (χ0v) is 20.0. The lowest BCUT2D eigenvalue weighted by Gasteiger charge is -2.34. The first-order valence-corrected chi connectivity index (χ1v) is 12.7. The summed E-state index contributed by atoms with van der Waals surface area (Å²) < 4.78 is 32.5. The minimum absolute atomic E-state index is 0.0352. The van der Waals surface area contributed by atoms with Crippen LogP contribution in [0.2, 0.25) is 0 Å². The molecule has 0 saturated carbocycles. The van der Waals surface area contributed by atoms with Gasteiger partial charge < -0.3 is 9.32 Å². The number of hydrogen-bond donors (Lipinski definition) is 1. The predicted molar refractivity (Wildman–Crippen MR) is 131 cm³/mol. The first-order chi connectivity index (χ1) is 16.4. The van der Waals surface area contributed by atoms with E-state index >= 15 is 0 Å². The van der Waals surface area contributed by atoms with E-state index in [1.807, 2.05) is 4.90 Å². The highest BCUT2D eigenvalue weighted by Gasteiger charge is 2.20. The van der Waals surface area contributed by atoms with E-state index < -0.39 is 10.0 Å². The molecular formula is C26H29N3O4S. The largest absolute Gasteiger partial charge is 0.468 e. The fourth-order valence-corrected chi connectivity index (χ4v) is 4.88. The van der Waals surface area contributed by atoms with Crippen molar-refractivity contribution in [2.45, 2.75) is 24.9 Å². The summed E-state index contributed by atoms with van der Waals surface area (Å²) in [5, 5.41) is 0. The molecule has 7 nitrogen and oxygen atoms in total. The maximum atomic E-state index is 12.6. The molecule has 1 aliphatic heterocycles. The van der Waals surface area contributed by atoms with Crippen LogP contribution in [0.25, 0.3) is 6.08 Å². The van der Waals surface area contributed by atoms with Crippen molar-refractivity contribution in [1.82, 2.24) is 14.5 Å². The van der Waals surface area contributed by atoms with Gasteiger partial charge in [-0.25, -0.2) is 13.1 Å². The molecule has 178 valence electrons. The summed E-state index contributed by atoms with van der Waals surface area (Å²) in [4.78, 5) is 17.0. The van der Waals surface area contributed by atoms with Crippen LogP contribution < -0.4 is 4.72 Å². The summed E-state index contributed by atoms with van der Waals surface area (Å²) in [6, 6.07) is 18.3. The number of nitrogens with one attached hydrogen (secondary N) is 1. The van der Waals surface area contributed by atoms with E-state index in [4.69, 9.17) is 4.42 Å². The smallest absolute Gasteiger partial charge is 0.246 e. The molecule has 0 unspecified atom stereocenters. The predicted octanol–water partition coefficient (Wildman–Crippen LogP) is 3.42. The van der Waals surface area contributed by atoms with Gasteiger partial charge in [0.25, 0.3) is 0 Å². The van der Waals surface area contributed by atoms with Crippen LogP contribution in [0.1, 0.15) is 22.5 Å². The van der Waals surface area contributed by atoms with E-state index in [1.165, 1.54) is 29.5 Å². The van der Waals surface area contributed by atoms with E-state index in [9.17, 15) is 13.2 Å². The summed E-state index contributed by atoms with van der Waals surface area (Å²) >= 11 is 0. The van der Waals surface area contributed by atoms with Gasteiger partial charge in [-0.15, -0.1) is 0 Å². The van der Waals surface area contributed by atoms with Crippen molar-refractivity contribution in [3.63, 3.8) is 0 Å². The van der Waals surface area contributed by atoms with Crippen LogP contribution in [-0.4, -0.2) is 50.3 Å². The number of nitrogens with zero attached hydrogens (tertiary/aromatic N) is 2. The van der Waals surface area contributed by atoms with Crippen LogP contribution in [0.4, 0.5) is 0 Å². The van der Waals surface area contributed by atoms with Crippen molar-refractivity contribution in [3.05, 3.63) is 95.5 Å². The molecule has 8 heteroatoms. The molecule has 1 aromatic heterocycles. The first-order valence-electron chi connectivity index (χ1n) is 11.3. The van der Waals surface area contributed by atoms with Crippen LogP contribution in [0, 0.1) is 6.92 Å². The molecule has 34 heavy (non-hydrogen) atoms. The minimum Gasteiger partial charge on any atom is -0.468 e. The monoisotopic (exact) mass is 479 g/mol. The average molecular weight is 480 g/mol. The van der Waals surface area contributed by atoms with E-state index in [1.54, 1.807) is 36.4 Å². The zero-order chi connectivity index (χ0) is 24.0. The Bertz CT molecular complexity index is 1230. The van der Waals surface area contributed by atoms with E-state index in [0.717, 1.165) is 25.2 Å². The van der Waals surface area contributed by atoms with Crippen molar-refractivity contribution < 1.29 is 17.6 Å².